The lowest BCUT2D eigenvalue weighted by atomic mass is 10.0. The molecule has 1 aliphatic rings. The van der Waals surface area contributed by atoms with Crippen LogP contribution in [0.3, 0.4) is 0 Å². The van der Waals surface area contributed by atoms with E-state index in [-0.39, 0.29) is 0 Å². The van der Waals surface area contributed by atoms with Crippen LogP contribution in [0.2, 0.25) is 5.15 Å². The molecule has 2 aromatic carbocycles. The van der Waals surface area contributed by atoms with E-state index in [1.54, 1.807) is 12.7 Å². The van der Waals surface area contributed by atoms with Gasteiger partial charge in [0.2, 0.25) is 0 Å². The van der Waals surface area contributed by atoms with Crippen molar-refractivity contribution in [3.63, 3.8) is 0 Å². The number of aromatic nitrogens is 2. The highest BCUT2D eigenvalue weighted by atomic mass is 35.5. The SMILES string of the molecule is ClC1=C(c2ccc(-c3ccc(-c4nc[nH]c4Cl)cc3)cc2)NC=NC1. The Labute approximate surface area is 155 Å². The lowest BCUT2D eigenvalue weighted by molar-refractivity contribution is 1.13. The molecule has 0 aliphatic carbocycles. The number of nitrogens with zero attached hydrogens (tertiary/aromatic N) is 2. The summed E-state index contributed by atoms with van der Waals surface area (Å²) in [6.45, 7) is 0.517. The molecule has 0 fully saturated rings. The second-order valence-corrected chi connectivity index (χ2v) is 6.45. The van der Waals surface area contributed by atoms with Gasteiger partial charge in [-0.3, -0.25) is 4.99 Å². The minimum atomic E-state index is 0.517. The highest BCUT2D eigenvalue weighted by Crippen LogP contribution is 2.28. The van der Waals surface area contributed by atoms with Crippen molar-refractivity contribution >= 4 is 35.2 Å². The maximum atomic E-state index is 6.24. The second kappa shape index (κ2) is 6.75. The van der Waals surface area contributed by atoms with Crippen molar-refractivity contribution in [2.75, 3.05) is 6.54 Å². The Morgan fingerprint density at radius 3 is 1.96 bits per heavy atom. The van der Waals surface area contributed by atoms with Gasteiger partial charge in [-0.1, -0.05) is 71.7 Å². The second-order valence-electron chi connectivity index (χ2n) is 5.61. The minimum Gasteiger partial charge on any atom is -0.345 e. The Morgan fingerprint density at radius 2 is 1.40 bits per heavy atom. The third kappa shape index (κ3) is 3.18. The molecule has 2 N–H and O–H groups in total. The van der Waals surface area contributed by atoms with Gasteiger partial charge in [0.15, 0.2) is 0 Å². The predicted molar refractivity (Wildman–Crippen MR) is 104 cm³/mol. The number of hydrogen-bond acceptors (Lipinski definition) is 3. The van der Waals surface area contributed by atoms with Crippen LogP contribution in [-0.2, 0) is 0 Å². The van der Waals surface area contributed by atoms with Crippen LogP contribution in [0, 0.1) is 0 Å². The number of benzene rings is 2. The summed E-state index contributed by atoms with van der Waals surface area (Å²) >= 11 is 12.3. The van der Waals surface area contributed by atoms with E-state index < -0.39 is 0 Å². The van der Waals surface area contributed by atoms with Crippen molar-refractivity contribution in [2.45, 2.75) is 0 Å². The van der Waals surface area contributed by atoms with Gasteiger partial charge < -0.3 is 10.3 Å². The van der Waals surface area contributed by atoms with Crippen molar-refractivity contribution in [3.05, 3.63) is 70.6 Å². The van der Waals surface area contributed by atoms with Crippen LogP contribution < -0.4 is 5.32 Å². The van der Waals surface area contributed by atoms with Gasteiger partial charge in [0.05, 0.1) is 29.9 Å². The Morgan fingerprint density at radius 1 is 0.800 bits per heavy atom. The van der Waals surface area contributed by atoms with E-state index in [1.165, 1.54) is 0 Å². The number of halogens is 2. The summed E-state index contributed by atoms with van der Waals surface area (Å²) in [5.74, 6) is 0. The zero-order valence-corrected chi connectivity index (χ0v) is 14.6. The fourth-order valence-corrected chi connectivity index (χ4v) is 3.20. The zero-order valence-electron chi connectivity index (χ0n) is 13.1. The largest absolute Gasteiger partial charge is 0.345 e. The van der Waals surface area contributed by atoms with Crippen molar-refractivity contribution in [2.24, 2.45) is 4.99 Å². The first kappa shape index (κ1) is 15.9. The van der Waals surface area contributed by atoms with Crippen molar-refractivity contribution < 1.29 is 0 Å². The van der Waals surface area contributed by atoms with E-state index in [0.717, 1.165) is 38.7 Å². The van der Waals surface area contributed by atoms with Crippen molar-refractivity contribution in [3.8, 4) is 22.4 Å². The van der Waals surface area contributed by atoms with Crippen LogP contribution in [-0.4, -0.2) is 22.9 Å². The van der Waals surface area contributed by atoms with Gasteiger partial charge >= 0.3 is 0 Å². The molecule has 0 spiro atoms. The molecule has 6 heteroatoms. The van der Waals surface area contributed by atoms with E-state index >= 15 is 0 Å². The first-order chi connectivity index (χ1) is 12.2. The fraction of sp³-hybridized carbons (Fsp3) is 0.0526. The summed E-state index contributed by atoms with van der Waals surface area (Å²) in [7, 11) is 0. The van der Waals surface area contributed by atoms with Crippen LogP contribution in [0.4, 0.5) is 0 Å². The van der Waals surface area contributed by atoms with Gasteiger partial charge in [-0.25, -0.2) is 4.98 Å². The van der Waals surface area contributed by atoms with Gasteiger partial charge in [0, 0.05) is 5.56 Å². The number of nitrogens with one attached hydrogen (secondary N) is 2. The minimum absolute atomic E-state index is 0.517. The average Bonchev–Trinajstić information content (AvgIpc) is 3.08. The molecule has 0 saturated carbocycles. The molecule has 0 radical (unpaired) electrons. The summed E-state index contributed by atoms with van der Waals surface area (Å²) in [5, 5.41) is 4.37. The molecular weight excluding hydrogens is 355 g/mol. The normalized spacial score (nSPS) is 13.8. The molecule has 0 unspecified atom stereocenters. The Bertz CT molecular complexity index is 954. The summed E-state index contributed by atoms with van der Waals surface area (Å²) in [4.78, 5) is 11.2. The number of H-pyrrole nitrogens is 1. The third-order valence-corrected chi connectivity index (χ3v) is 4.66. The summed E-state index contributed by atoms with van der Waals surface area (Å²) in [6.07, 6.45) is 3.27. The first-order valence-corrected chi connectivity index (χ1v) is 8.51. The first-order valence-electron chi connectivity index (χ1n) is 7.76. The zero-order chi connectivity index (χ0) is 17.2. The third-order valence-electron chi connectivity index (χ3n) is 4.06. The van der Waals surface area contributed by atoms with Crippen LogP contribution in [0.1, 0.15) is 5.56 Å². The van der Waals surface area contributed by atoms with Gasteiger partial charge in [0.25, 0.3) is 0 Å². The quantitative estimate of drug-likeness (QED) is 0.687. The van der Waals surface area contributed by atoms with Crippen LogP contribution in [0.15, 0.2) is 64.9 Å². The Hall–Kier alpha value is -2.56. The molecule has 0 atom stereocenters. The van der Waals surface area contributed by atoms with Gasteiger partial charge in [-0.05, 0) is 16.7 Å². The average molecular weight is 369 g/mol. The summed E-state index contributed by atoms with van der Waals surface area (Å²) in [6, 6.07) is 16.4. The van der Waals surface area contributed by atoms with E-state index in [4.69, 9.17) is 23.2 Å². The van der Waals surface area contributed by atoms with E-state index in [2.05, 4.69) is 56.7 Å². The fourth-order valence-electron chi connectivity index (χ4n) is 2.76. The van der Waals surface area contributed by atoms with E-state index in [9.17, 15) is 0 Å². The molecule has 25 heavy (non-hydrogen) atoms. The smallest absolute Gasteiger partial charge is 0.134 e. The standard InChI is InChI=1S/C19H14Cl2N4/c20-16-9-22-10-23-17(16)14-5-1-12(2-6-14)13-3-7-15(8-4-13)18-19(21)25-11-24-18/h1-8,10-11H,9H2,(H,22,23)(H,24,25). The van der Waals surface area contributed by atoms with Crippen LogP contribution >= 0.6 is 23.2 Å². The molecule has 4 nitrogen and oxygen atoms in total. The van der Waals surface area contributed by atoms with Gasteiger partial charge in [0.1, 0.15) is 10.8 Å². The lowest BCUT2D eigenvalue weighted by Crippen LogP contribution is -2.16. The van der Waals surface area contributed by atoms with Crippen molar-refractivity contribution in [1.29, 1.82) is 0 Å². The molecular formula is C19H14Cl2N4. The summed E-state index contributed by atoms with van der Waals surface area (Å²) in [5.41, 5.74) is 5.95. The van der Waals surface area contributed by atoms with Crippen molar-refractivity contribution in [1.82, 2.24) is 15.3 Å². The highest BCUT2D eigenvalue weighted by Gasteiger charge is 2.10. The number of hydrogen-bond donors (Lipinski definition) is 2. The topological polar surface area (TPSA) is 53.1 Å². The number of aliphatic imine (C=N–C) groups is 1. The number of imidazole rings is 1. The highest BCUT2D eigenvalue weighted by molar-refractivity contribution is 6.33. The maximum Gasteiger partial charge on any atom is 0.134 e. The number of rotatable bonds is 3. The Balaban J connectivity index is 1.59. The van der Waals surface area contributed by atoms with Gasteiger partial charge in [-0.15, -0.1) is 0 Å². The predicted octanol–water partition coefficient (Wildman–Crippen LogP) is 4.94. The molecule has 124 valence electrons. The molecule has 2 heterocycles. The summed E-state index contributed by atoms with van der Waals surface area (Å²) < 4.78 is 0. The van der Waals surface area contributed by atoms with E-state index in [1.807, 2.05) is 12.1 Å². The molecule has 3 aromatic rings. The van der Waals surface area contributed by atoms with Crippen LogP contribution in [0.25, 0.3) is 28.1 Å². The lowest BCUT2D eigenvalue weighted by Gasteiger charge is -2.14. The molecule has 0 amide bonds. The van der Waals surface area contributed by atoms with E-state index in [0.29, 0.717) is 11.7 Å². The van der Waals surface area contributed by atoms with Crippen LogP contribution in [0.5, 0.6) is 0 Å². The maximum absolute atomic E-state index is 6.24. The molecule has 1 aromatic heterocycles. The molecule has 4 rings (SSSR count). The monoisotopic (exact) mass is 368 g/mol. The Kier molecular flexibility index (Phi) is 4.30. The molecule has 1 aliphatic heterocycles. The van der Waals surface area contributed by atoms with Gasteiger partial charge in [-0.2, -0.15) is 0 Å². The molecule has 0 bridgehead atoms. The molecule has 0 saturated heterocycles. The number of aromatic amines is 1.